The van der Waals surface area contributed by atoms with Crippen LogP contribution in [-0.4, -0.2) is 48.0 Å². The highest BCUT2D eigenvalue weighted by atomic mass is 16.5. The predicted octanol–water partition coefficient (Wildman–Crippen LogP) is 4.76. The molecule has 1 N–H and O–H groups in total. The van der Waals surface area contributed by atoms with E-state index in [1.54, 1.807) is 0 Å². The van der Waals surface area contributed by atoms with E-state index in [0.29, 0.717) is 25.2 Å². The van der Waals surface area contributed by atoms with Gasteiger partial charge >= 0.3 is 0 Å². The first-order chi connectivity index (χ1) is 13.8. The summed E-state index contributed by atoms with van der Waals surface area (Å²) in [6, 6.07) is 9.93. The molecule has 1 aromatic carbocycles. The van der Waals surface area contributed by atoms with E-state index in [0.717, 1.165) is 44.5 Å². The molecule has 1 saturated carbocycles. The molecular weight excluding hydrogens is 350 g/mol. The van der Waals surface area contributed by atoms with Crippen LogP contribution in [0.1, 0.15) is 62.6 Å². The zero-order valence-corrected chi connectivity index (χ0v) is 17.4. The lowest BCUT2D eigenvalue weighted by atomic mass is 9.84. The summed E-state index contributed by atoms with van der Waals surface area (Å²) in [4.78, 5) is 2.40. The summed E-state index contributed by atoms with van der Waals surface area (Å²) in [5, 5.41) is 7.62. The normalized spacial score (nSPS) is 19.8. The topological polar surface area (TPSA) is 50.4 Å². The molecule has 0 atom stereocenters. The number of unbranched alkanes of at least 4 members (excludes halogenated alkanes) is 1. The van der Waals surface area contributed by atoms with E-state index in [1.807, 2.05) is 36.5 Å². The quantitative estimate of drug-likeness (QED) is 0.567. The minimum atomic E-state index is 0.356. The van der Waals surface area contributed by atoms with Crippen molar-refractivity contribution in [2.45, 2.75) is 64.0 Å². The minimum Gasteiger partial charge on any atom is -0.491 e. The van der Waals surface area contributed by atoms with Gasteiger partial charge in [-0.15, -0.1) is 0 Å². The van der Waals surface area contributed by atoms with Crippen molar-refractivity contribution in [1.29, 1.82) is 0 Å². The Morgan fingerprint density at radius 1 is 1.11 bits per heavy atom. The Morgan fingerprint density at radius 2 is 1.89 bits per heavy atom. The Bertz CT molecular complexity index is 665. The first kappa shape index (κ1) is 20.9. The van der Waals surface area contributed by atoms with Crippen LogP contribution in [0.25, 0.3) is 0 Å². The number of nitrogens with zero attached hydrogens (tertiary/aromatic N) is 2. The molecule has 1 fully saturated rings. The molecule has 0 radical (unpaired) electrons. The van der Waals surface area contributed by atoms with Crippen molar-refractivity contribution in [3.05, 3.63) is 47.8 Å². The monoisotopic (exact) mass is 385 g/mol. The molecule has 0 aliphatic heterocycles. The maximum absolute atomic E-state index is 6.05. The zero-order chi connectivity index (χ0) is 19.6. The lowest BCUT2D eigenvalue weighted by Gasteiger charge is -2.29. The molecule has 0 unspecified atom stereocenters. The van der Waals surface area contributed by atoms with Crippen LogP contribution >= 0.6 is 0 Å². The second-order valence-corrected chi connectivity index (χ2v) is 7.91. The van der Waals surface area contributed by atoms with Gasteiger partial charge in [0.1, 0.15) is 12.4 Å². The molecular formula is C23H35N3O2. The molecule has 1 aromatic heterocycles. The number of para-hydroxylation sites is 1. The number of H-pyrrole nitrogens is 1. The average molecular weight is 386 g/mol. The van der Waals surface area contributed by atoms with Gasteiger partial charge in [0.05, 0.1) is 18.9 Å². The number of aromatic amines is 1. The first-order valence-corrected chi connectivity index (χ1v) is 10.8. The van der Waals surface area contributed by atoms with Gasteiger partial charge in [0.2, 0.25) is 0 Å². The van der Waals surface area contributed by atoms with Crippen LogP contribution in [0, 0.1) is 0 Å². The summed E-state index contributed by atoms with van der Waals surface area (Å²) < 4.78 is 11.8. The summed E-state index contributed by atoms with van der Waals surface area (Å²) in [7, 11) is 2.20. The van der Waals surface area contributed by atoms with Crippen LogP contribution in [0.5, 0.6) is 5.75 Å². The van der Waals surface area contributed by atoms with Crippen molar-refractivity contribution in [2.24, 2.45) is 0 Å². The van der Waals surface area contributed by atoms with E-state index in [2.05, 4.69) is 29.1 Å². The average Bonchev–Trinajstić information content (AvgIpc) is 3.19. The third-order valence-corrected chi connectivity index (χ3v) is 5.62. The molecule has 5 heteroatoms. The number of aromatic nitrogens is 2. The van der Waals surface area contributed by atoms with Crippen molar-refractivity contribution in [3.8, 4) is 5.75 Å². The van der Waals surface area contributed by atoms with Crippen molar-refractivity contribution in [2.75, 3.05) is 26.8 Å². The summed E-state index contributed by atoms with van der Waals surface area (Å²) in [6.07, 6.45) is 9.41. The SMILES string of the molecule is CCCCN(C)Cc1cn[nH]c1C1CCC(OCCOc2ccccc2)CC1. The fraction of sp³-hybridized carbons (Fsp3) is 0.609. The molecule has 2 aromatic rings. The number of rotatable bonds is 11. The van der Waals surface area contributed by atoms with Crippen molar-refractivity contribution < 1.29 is 9.47 Å². The Morgan fingerprint density at radius 3 is 2.64 bits per heavy atom. The summed E-state index contributed by atoms with van der Waals surface area (Å²) in [5.74, 6) is 1.49. The van der Waals surface area contributed by atoms with Crippen LogP contribution < -0.4 is 4.74 Å². The van der Waals surface area contributed by atoms with Crippen molar-refractivity contribution >= 4 is 0 Å². The highest BCUT2D eigenvalue weighted by Crippen LogP contribution is 2.34. The molecule has 0 spiro atoms. The van der Waals surface area contributed by atoms with Gasteiger partial charge in [0, 0.05) is 23.7 Å². The number of ether oxygens (including phenoxy) is 2. The second kappa shape index (κ2) is 11.2. The molecule has 3 rings (SSSR count). The molecule has 0 saturated heterocycles. The maximum Gasteiger partial charge on any atom is 0.119 e. The van der Waals surface area contributed by atoms with Gasteiger partial charge in [-0.25, -0.2) is 0 Å². The van der Waals surface area contributed by atoms with Crippen LogP contribution in [0.4, 0.5) is 0 Å². The van der Waals surface area contributed by atoms with E-state index in [-0.39, 0.29) is 0 Å². The summed E-state index contributed by atoms with van der Waals surface area (Å²) >= 11 is 0. The van der Waals surface area contributed by atoms with Crippen molar-refractivity contribution in [1.82, 2.24) is 15.1 Å². The Kier molecular flexibility index (Phi) is 8.37. The standard InChI is InChI=1S/C23H35N3O2/c1-3-4-14-26(2)18-20-17-24-25-23(20)19-10-12-22(13-11-19)28-16-15-27-21-8-6-5-7-9-21/h5-9,17,19,22H,3-4,10-16,18H2,1-2H3,(H,24,25). The largest absolute Gasteiger partial charge is 0.491 e. The van der Waals surface area contributed by atoms with E-state index in [1.165, 1.54) is 24.1 Å². The number of nitrogens with one attached hydrogen (secondary N) is 1. The highest BCUT2D eigenvalue weighted by Gasteiger charge is 2.25. The van der Waals surface area contributed by atoms with Gasteiger partial charge in [-0.2, -0.15) is 5.10 Å². The van der Waals surface area contributed by atoms with Crippen LogP contribution in [0.3, 0.4) is 0 Å². The third kappa shape index (κ3) is 6.35. The van der Waals surface area contributed by atoms with Gasteiger partial charge in [0.25, 0.3) is 0 Å². The molecule has 0 amide bonds. The lowest BCUT2D eigenvalue weighted by Crippen LogP contribution is -2.24. The Hall–Kier alpha value is -1.85. The van der Waals surface area contributed by atoms with E-state index in [9.17, 15) is 0 Å². The molecule has 0 bridgehead atoms. The number of hydrogen-bond acceptors (Lipinski definition) is 4. The number of hydrogen-bond donors (Lipinski definition) is 1. The zero-order valence-electron chi connectivity index (χ0n) is 17.4. The summed E-state index contributed by atoms with van der Waals surface area (Å²) in [5.41, 5.74) is 2.70. The Balaban J connectivity index is 1.38. The smallest absolute Gasteiger partial charge is 0.119 e. The van der Waals surface area contributed by atoms with E-state index in [4.69, 9.17) is 9.47 Å². The fourth-order valence-electron chi connectivity index (χ4n) is 4.01. The molecule has 154 valence electrons. The maximum atomic E-state index is 6.05. The number of benzene rings is 1. The molecule has 1 aliphatic carbocycles. The van der Waals surface area contributed by atoms with Gasteiger partial charge < -0.3 is 14.4 Å². The molecule has 5 nitrogen and oxygen atoms in total. The predicted molar refractivity (Wildman–Crippen MR) is 113 cm³/mol. The Labute approximate surface area is 169 Å². The van der Waals surface area contributed by atoms with Crippen LogP contribution in [0.2, 0.25) is 0 Å². The molecule has 28 heavy (non-hydrogen) atoms. The lowest BCUT2D eigenvalue weighted by molar-refractivity contribution is 0.00949. The second-order valence-electron chi connectivity index (χ2n) is 7.91. The first-order valence-electron chi connectivity index (χ1n) is 10.8. The molecule has 1 heterocycles. The summed E-state index contributed by atoms with van der Waals surface area (Å²) in [6.45, 7) is 5.64. The van der Waals surface area contributed by atoms with E-state index < -0.39 is 0 Å². The fourth-order valence-corrected chi connectivity index (χ4v) is 4.01. The van der Waals surface area contributed by atoms with E-state index >= 15 is 0 Å². The minimum absolute atomic E-state index is 0.356. The van der Waals surface area contributed by atoms with Gasteiger partial charge in [-0.3, -0.25) is 5.10 Å². The van der Waals surface area contributed by atoms with Crippen molar-refractivity contribution in [3.63, 3.8) is 0 Å². The van der Waals surface area contributed by atoms with Gasteiger partial charge in [0.15, 0.2) is 0 Å². The third-order valence-electron chi connectivity index (χ3n) is 5.62. The van der Waals surface area contributed by atoms with Gasteiger partial charge in [-0.05, 0) is 57.8 Å². The van der Waals surface area contributed by atoms with Gasteiger partial charge in [-0.1, -0.05) is 31.5 Å². The molecule has 1 aliphatic rings. The highest BCUT2D eigenvalue weighted by molar-refractivity contribution is 5.21. The van der Waals surface area contributed by atoms with Crippen LogP contribution in [0.15, 0.2) is 36.5 Å². The van der Waals surface area contributed by atoms with Crippen LogP contribution in [-0.2, 0) is 11.3 Å².